The normalized spacial score (nSPS) is 11.7. The van der Waals surface area contributed by atoms with Crippen LogP contribution in [0.1, 0.15) is 11.1 Å². The summed E-state index contributed by atoms with van der Waals surface area (Å²) in [7, 11) is 0. The van der Waals surface area contributed by atoms with E-state index in [0.29, 0.717) is 5.56 Å². The Balaban J connectivity index is 2.70. The van der Waals surface area contributed by atoms with Gasteiger partial charge in [0.2, 0.25) is 0 Å². The third-order valence-corrected chi connectivity index (χ3v) is 1.86. The Kier molecular flexibility index (Phi) is 3.21. The number of hydrogen-bond donors (Lipinski definition) is 2. The maximum Gasteiger partial charge on any atom is 0.320 e. The molecule has 72 valence electrons. The van der Waals surface area contributed by atoms with Gasteiger partial charge in [0, 0.05) is 0 Å². The van der Waals surface area contributed by atoms with Gasteiger partial charge < -0.3 is 10.8 Å². The van der Waals surface area contributed by atoms with E-state index >= 15 is 0 Å². The van der Waals surface area contributed by atoms with Gasteiger partial charge in [-0.1, -0.05) is 12.1 Å². The standard InChI is InChI=1S/C10H10N2O2/c11-6-8-3-1-7(2-4-8)5-9(12)10(13)14/h1-4,9H,5,12H2,(H,13,14)/t9-/m1/s1. The maximum absolute atomic E-state index is 10.4. The molecule has 0 heterocycles. The average Bonchev–Trinajstić information content (AvgIpc) is 2.19. The number of nitrogens with two attached hydrogens (primary N) is 1. The number of benzene rings is 1. The van der Waals surface area contributed by atoms with Gasteiger partial charge in [-0.15, -0.1) is 0 Å². The molecule has 0 amide bonds. The van der Waals surface area contributed by atoms with Gasteiger partial charge in [-0.3, -0.25) is 4.79 Å². The molecule has 4 nitrogen and oxygen atoms in total. The fraction of sp³-hybridized carbons (Fsp3) is 0.200. The van der Waals surface area contributed by atoms with E-state index in [1.54, 1.807) is 24.3 Å². The minimum Gasteiger partial charge on any atom is -0.480 e. The minimum absolute atomic E-state index is 0.279. The van der Waals surface area contributed by atoms with E-state index in [1.165, 1.54) is 0 Å². The largest absolute Gasteiger partial charge is 0.480 e. The van der Waals surface area contributed by atoms with E-state index in [9.17, 15) is 4.79 Å². The summed E-state index contributed by atoms with van der Waals surface area (Å²) in [6.45, 7) is 0. The first-order valence-corrected chi connectivity index (χ1v) is 4.11. The molecule has 0 fully saturated rings. The Morgan fingerprint density at radius 3 is 2.50 bits per heavy atom. The van der Waals surface area contributed by atoms with Gasteiger partial charge in [0.15, 0.2) is 0 Å². The van der Waals surface area contributed by atoms with E-state index < -0.39 is 12.0 Å². The fourth-order valence-electron chi connectivity index (χ4n) is 1.06. The van der Waals surface area contributed by atoms with Crippen molar-refractivity contribution < 1.29 is 9.90 Å². The van der Waals surface area contributed by atoms with Crippen molar-refractivity contribution in [2.45, 2.75) is 12.5 Å². The lowest BCUT2D eigenvalue weighted by Gasteiger charge is -2.05. The number of aliphatic carboxylic acids is 1. The molecule has 0 saturated heterocycles. The first-order valence-electron chi connectivity index (χ1n) is 4.11. The molecule has 4 heteroatoms. The molecule has 0 bridgehead atoms. The molecule has 1 aromatic carbocycles. The molecule has 1 aromatic rings. The van der Waals surface area contributed by atoms with Crippen molar-refractivity contribution in [3.63, 3.8) is 0 Å². The molecular weight excluding hydrogens is 180 g/mol. The zero-order chi connectivity index (χ0) is 10.6. The molecule has 0 unspecified atom stereocenters. The van der Waals surface area contributed by atoms with Gasteiger partial charge in [0.1, 0.15) is 6.04 Å². The lowest BCUT2D eigenvalue weighted by Crippen LogP contribution is -2.32. The van der Waals surface area contributed by atoms with Crippen molar-refractivity contribution >= 4 is 5.97 Å². The van der Waals surface area contributed by atoms with Crippen LogP contribution in [-0.4, -0.2) is 17.1 Å². The molecule has 1 atom stereocenters. The second-order valence-electron chi connectivity index (χ2n) is 2.96. The van der Waals surface area contributed by atoms with Crippen LogP contribution in [0.25, 0.3) is 0 Å². The third kappa shape index (κ3) is 2.57. The van der Waals surface area contributed by atoms with Crippen LogP contribution in [0.5, 0.6) is 0 Å². The maximum atomic E-state index is 10.4. The molecule has 1 rings (SSSR count). The van der Waals surface area contributed by atoms with Crippen LogP contribution in [0.2, 0.25) is 0 Å². The van der Waals surface area contributed by atoms with Gasteiger partial charge in [0.05, 0.1) is 11.6 Å². The van der Waals surface area contributed by atoms with Crippen LogP contribution in [0.15, 0.2) is 24.3 Å². The SMILES string of the molecule is N#Cc1ccc(C[C@@H](N)C(=O)O)cc1. The number of carbonyl (C=O) groups is 1. The molecule has 0 radical (unpaired) electrons. The van der Waals surface area contributed by atoms with Crippen LogP contribution in [-0.2, 0) is 11.2 Å². The minimum atomic E-state index is -1.02. The average molecular weight is 190 g/mol. The molecule has 0 aliphatic rings. The van der Waals surface area contributed by atoms with Crippen LogP contribution in [0.3, 0.4) is 0 Å². The summed E-state index contributed by atoms with van der Waals surface area (Å²) in [5, 5.41) is 17.1. The lowest BCUT2D eigenvalue weighted by atomic mass is 10.1. The van der Waals surface area contributed by atoms with Crippen LogP contribution in [0, 0.1) is 11.3 Å². The highest BCUT2D eigenvalue weighted by Gasteiger charge is 2.11. The summed E-state index contributed by atoms with van der Waals surface area (Å²) in [5.41, 5.74) is 6.73. The topological polar surface area (TPSA) is 87.1 Å². The second-order valence-corrected chi connectivity index (χ2v) is 2.96. The number of nitriles is 1. The van der Waals surface area contributed by atoms with Gasteiger partial charge >= 0.3 is 5.97 Å². The van der Waals surface area contributed by atoms with E-state index in [0.717, 1.165) is 5.56 Å². The number of rotatable bonds is 3. The van der Waals surface area contributed by atoms with Crippen molar-refractivity contribution in [1.29, 1.82) is 5.26 Å². The van der Waals surface area contributed by atoms with Crippen LogP contribution < -0.4 is 5.73 Å². The first-order chi connectivity index (χ1) is 6.63. The van der Waals surface area contributed by atoms with Gasteiger partial charge in [-0.25, -0.2) is 0 Å². The number of hydrogen-bond acceptors (Lipinski definition) is 3. The Morgan fingerprint density at radius 1 is 1.50 bits per heavy atom. The van der Waals surface area contributed by atoms with Crippen molar-refractivity contribution in [2.75, 3.05) is 0 Å². The second kappa shape index (κ2) is 4.40. The monoisotopic (exact) mass is 190 g/mol. The van der Waals surface area contributed by atoms with E-state index in [2.05, 4.69) is 0 Å². The van der Waals surface area contributed by atoms with Crippen molar-refractivity contribution in [1.82, 2.24) is 0 Å². The van der Waals surface area contributed by atoms with Gasteiger partial charge in [0.25, 0.3) is 0 Å². The molecule has 0 aliphatic carbocycles. The molecule has 0 spiro atoms. The Hall–Kier alpha value is -1.86. The van der Waals surface area contributed by atoms with E-state index in [4.69, 9.17) is 16.1 Å². The lowest BCUT2D eigenvalue weighted by molar-refractivity contribution is -0.138. The number of carboxylic acids is 1. The zero-order valence-corrected chi connectivity index (χ0v) is 7.47. The smallest absolute Gasteiger partial charge is 0.320 e. The third-order valence-electron chi connectivity index (χ3n) is 1.86. The Labute approximate surface area is 81.6 Å². The highest BCUT2D eigenvalue weighted by atomic mass is 16.4. The molecule has 14 heavy (non-hydrogen) atoms. The first kappa shape index (κ1) is 10.2. The fourth-order valence-corrected chi connectivity index (χ4v) is 1.06. The molecule has 0 aliphatic heterocycles. The summed E-state index contributed by atoms with van der Waals surface area (Å²) in [6, 6.07) is 7.80. The van der Waals surface area contributed by atoms with E-state index in [-0.39, 0.29) is 6.42 Å². The van der Waals surface area contributed by atoms with Crippen molar-refractivity contribution in [2.24, 2.45) is 5.73 Å². The Morgan fingerprint density at radius 2 is 2.07 bits per heavy atom. The summed E-state index contributed by atoms with van der Waals surface area (Å²) < 4.78 is 0. The summed E-state index contributed by atoms with van der Waals surface area (Å²) in [6.07, 6.45) is 0.279. The predicted molar refractivity (Wildman–Crippen MR) is 50.5 cm³/mol. The highest BCUT2D eigenvalue weighted by molar-refractivity contribution is 5.73. The van der Waals surface area contributed by atoms with Crippen molar-refractivity contribution in [3.8, 4) is 6.07 Å². The van der Waals surface area contributed by atoms with Gasteiger partial charge in [-0.2, -0.15) is 5.26 Å². The molecule has 0 saturated carbocycles. The predicted octanol–water partition coefficient (Wildman–Crippen LogP) is 0.513. The molecule has 3 N–H and O–H groups in total. The van der Waals surface area contributed by atoms with Crippen LogP contribution in [0.4, 0.5) is 0 Å². The zero-order valence-electron chi connectivity index (χ0n) is 7.47. The van der Waals surface area contributed by atoms with E-state index in [1.807, 2.05) is 6.07 Å². The summed E-state index contributed by atoms with van der Waals surface area (Å²) in [4.78, 5) is 10.4. The van der Waals surface area contributed by atoms with Crippen molar-refractivity contribution in [3.05, 3.63) is 35.4 Å². The Bertz CT molecular complexity index is 365. The molecule has 0 aromatic heterocycles. The number of carboxylic acid groups (broad SMARTS) is 1. The van der Waals surface area contributed by atoms with Gasteiger partial charge in [-0.05, 0) is 24.1 Å². The number of nitrogens with zero attached hydrogens (tertiary/aromatic N) is 1. The highest BCUT2D eigenvalue weighted by Crippen LogP contribution is 2.05. The quantitative estimate of drug-likeness (QED) is 0.727. The summed E-state index contributed by atoms with van der Waals surface area (Å²) in [5.74, 6) is -1.02. The van der Waals surface area contributed by atoms with Crippen LogP contribution >= 0.6 is 0 Å². The molecular formula is C10H10N2O2. The summed E-state index contributed by atoms with van der Waals surface area (Å²) >= 11 is 0.